The Kier molecular flexibility index (Phi) is 5.08. The summed E-state index contributed by atoms with van der Waals surface area (Å²) in [6.45, 7) is 0. The number of sulfone groups is 1. The quantitative estimate of drug-likeness (QED) is 0.673. The fourth-order valence-electron chi connectivity index (χ4n) is 2.61. The van der Waals surface area contributed by atoms with E-state index in [4.69, 9.17) is 5.41 Å². The highest BCUT2D eigenvalue weighted by Gasteiger charge is 2.40. The second-order valence-electron chi connectivity index (χ2n) is 6.04. The zero-order valence-electron chi connectivity index (χ0n) is 12.8. The molecule has 0 aromatic heterocycles. The average molecular weight is 365 g/mol. The number of alkyl halides is 3. The summed E-state index contributed by atoms with van der Waals surface area (Å²) in [5.74, 6) is -1.18. The van der Waals surface area contributed by atoms with Crippen LogP contribution < -0.4 is 0 Å². The minimum atomic E-state index is -4.72. The van der Waals surface area contributed by atoms with Gasteiger partial charge in [-0.2, -0.15) is 13.2 Å². The van der Waals surface area contributed by atoms with Crippen molar-refractivity contribution in [2.45, 2.75) is 36.1 Å². The average Bonchev–Trinajstić information content (AvgIpc) is 3.29. The summed E-state index contributed by atoms with van der Waals surface area (Å²) in [6, 6.07) is 2.04. The number of halogens is 3. The summed E-state index contributed by atoms with van der Waals surface area (Å²) in [5, 5.41) is 27.9. The summed E-state index contributed by atoms with van der Waals surface area (Å²) < 4.78 is 62.2. The lowest BCUT2D eigenvalue weighted by Crippen LogP contribution is -2.30. The number of aliphatic hydroxyl groups excluding tert-OH is 2. The summed E-state index contributed by atoms with van der Waals surface area (Å²) in [5.41, 5.74) is -1.40. The molecule has 1 saturated carbocycles. The number of hydrogen-bond donors (Lipinski definition) is 3. The molecule has 0 heterocycles. The molecule has 0 aliphatic heterocycles. The van der Waals surface area contributed by atoms with E-state index in [9.17, 15) is 31.8 Å². The SMILES string of the molecule is CS(=O)(=O)c1cc(C(F)(F)F)ccc1[C@H](O)[C@@H](C=N)[C@H](O)C1CC1. The molecule has 0 spiro atoms. The highest BCUT2D eigenvalue weighted by atomic mass is 32.2. The van der Waals surface area contributed by atoms with Crippen molar-refractivity contribution in [3.8, 4) is 0 Å². The third kappa shape index (κ3) is 3.96. The van der Waals surface area contributed by atoms with Gasteiger partial charge in [0.2, 0.25) is 0 Å². The van der Waals surface area contributed by atoms with Crippen LogP contribution in [0.3, 0.4) is 0 Å². The molecule has 1 fully saturated rings. The fourth-order valence-corrected chi connectivity index (χ4v) is 3.57. The van der Waals surface area contributed by atoms with E-state index in [1.165, 1.54) is 0 Å². The van der Waals surface area contributed by atoms with Gasteiger partial charge in [-0.3, -0.25) is 0 Å². The second-order valence-corrected chi connectivity index (χ2v) is 8.02. The zero-order chi connectivity index (χ0) is 18.3. The van der Waals surface area contributed by atoms with Gasteiger partial charge in [0.25, 0.3) is 0 Å². The van der Waals surface area contributed by atoms with Crippen molar-refractivity contribution in [2.75, 3.05) is 6.26 Å². The van der Waals surface area contributed by atoms with E-state index < -0.39 is 44.6 Å². The van der Waals surface area contributed by atoms with E-state index in [0.717, 1.165) is 31.4 Å². The lowest BCUT2D eigenvalue weighted by molar-refractivity contribution is -0.137. The highest BCUT2D eigenvalue weighted by molar-refractivity contribution is 7.90. The first kappa shape index (κ1) is 18.9. The van der Waals surface area contributed by atoms with E-state index >= 15 is 0 Å². The maximum absolute atomic E-state index is 12.8. The Labute approximate surface area is 137 Å². The minimum Gasteiger partial charge on any atom is -0.392 e. The molecule has 0 saturated heterocycles. The molecule has 0 radical (unpaired) electrons. The van der Waals surface area contributed by atoms with Gasteiger partial charge in [-0.15, -0.1) is 0 Å². The number of nitrogens with one attached hydrogen (secondary N) is 1. The molecule has 5 nitrogen and oxygen atoms in total. The molecule has 1 aliphatic rings. The van der Waals surface area contributed by atoms with Crippen LogP contribution in [0.1, 0.15) is 30.1 Å². The molecule has 1 aromatic rings. The van der Waals surface area contributed by atoms with Crippen molar-refractivity contribution >= 4 is 16.1 Å². The van der Waals surface area contributed by atoms with Crippen LogP contribution in [0.2, 0.25) is 0 Å². The molecular weight excluding hydrogens is 347 g/mol. The van der Waals surface area contributed by atoms with E-state index in [2.05, 4.69) is 0 Å². The van der Waals surface area contributed by atoms with E-state index in [-0.39, 0.29) is 11.5 Å². The zero-order valence-corrected chi connectivity index (χ0v) is 13.6. The van der Waals surface area contributed by atoms with Gasteiger partial charge < -0.3 is 15.6 Å². The number of hydrogen-bond acceptors (Lipinski definition) is 5. The van der Waals surface area contributed by atoms with Gasteiger partial charge in [-0.05, 0) is 36.5 Å². The van der Waals surface area contributed by atoms with Crippen molar-refractivity contribution in [1.82, 2.24) is 0 Å². The minimum absolute atomic E-state index is 0.0950. The number of benzene rings is 1. The second kappa shape index (κ2) is 6.45. The van der Waals surface area contributed by atoms with Gasteiger partial charge >= 0.3 is 6.18 Å². The van der Waals surface area contributed by atoms with Crippen molar-refractivity contribution in [2.24, 2.45) is 11.8 Å². The lowest BCUT2D eigenvalue weighted by Gasteiger charge is -2.26. The van der Waals surface area contributed by atoms with Gasteiger partial charge in [0.1, 0.15) is 0 Å². The standard InChI is InChI=1S/C15H18F3NO4S/c1-24(22,23)12-6-9(15(16,17)18)4-5-10(12)14(21)11(7-19)13(20)8-2-3-8/h4-8,11,13-14,19-21H,2-3H2,1H3/t11-,13+,14-/m0/s1. The van der Waals surface area contributed by atoms with Crippen LogP contribution in [-0.2, 0) is 16.0 Å². The van der Waals surface area contributed by atoms with Gasteiger partial charge in [0, 0.05) is 12.5 Å². The Morgan fingerprint density at radius 1 is 1.29 bits per heavy atom. The summed E-state index contributed by atoms with van der Waals surface area (Å²) in [7, 11) is -4.05. The predicted octanol–water partition coefficient (Wildman–Crippen LogP) is 2.18. The van der Waals surface area contributed by atoms with Crippen molar-refractivity contribution in [3.05, 3.63) is 29.3 Å². The van der Waals surface area contributed by atoms with Gasteiger partial charge in [-0.25, -0.2) is 8.42 Å². The molecule has 134 valence electrons. The Morgan fingerprint density at radius 3 is 2.29 bits per heavy atom. The van der Waals surface area contributed by atoms with E-state index in [0.29, 0.717) is 12.1 Å². The molecule has 0 bridgehead atoms. The Hall–Kier alpha value is -1.45. The summed E-state index contributed by atoms with van der Waals surface area (Å²) in [6.07, 6.45) is -4.37. The first-order chi connectivity index (χ1) is 11.0. The normalized spacial score (nSPS) is 19.6. The van der Waals surface area contributed by atoms with Gasteiger partial charge in [-0.1, -0.05) is 6.07 Å². The maximum Gasteiger partial charge on any atom is 0.416 e. The number of aliphatic hydroxyl groups is 2. The Morgan fingerprint density at radius 2 is 1.88 bits per heavy atom. The topological polar surface area (TPSA) is 98.5 Å². The van der Waals surface area contributed by atoms with E-state index in [1.54, 1.807) is 0 Å². The molecule has 0 unspecified atom stereocenters. The van der Waals surface area contributed by atoms with Crippen LogP contribution in [0.4, 0.5) is 13.2 Å². The molecule has 3 atom stereocenters. The van der Waals surface area contributed by atoms with Gasteiger partial charge in [0.05, 0.1) is 28.6 Å². The molecule has 2 rings (SSSR count). The van der Waals surface area contributed by atoms with Crippen LogP contribution in [0.25, 0.3) is 0 Å². The molecule has 1 aliphatic carbocycles. The molecular formula is C15H18F3NO4S. The van der Waals surface area contributed by atoms with Crippen LogP contribution >= 0.6 is 0 Å². The first-order valence-corrected chi connectivity index (χ1v) is 9.14. The van der Waals surface area contributed by atoms with Gasteiger partial charge in [0.15, 0.2) is 9.84 Å². The molecule has 0 amide bonds. The van der Waals surface area contributed by atoms with E-state index in [1.807, 2.05) is 0 Å². The monoisotopic (exact) mass is 365 g/mol. The molecule has 24 heavy (non-hydrogen) atoms. The predicted molar refractivity (Wildman–Crippen MR) is 80.5 cm³/mol. The molecule has 3 N–H and O–H groups in total. The largest absolute Gasteiger partial charge is 0.416 e. The van der Waals surface area contributed by atoms with Crippen molar-refractivity contribution < 1.29 is 31.8 Å². The third-order valence-corrected chi connectivity index (χ3v) is 5.27. The first-order valence-electron chi connectivity index (χ1n) is 7.24. The van der Waals surface area contributed by atoms with Crippen molar-refractivity contribution in [3.63, 3.8) is 0 Å². The smallest absolute Gasteiger partial charge is 0.392 e. The molecule has 9 heteroatoms. The summed E-state index contributed by atoms with van der Waals surface area (Å²) in [4.78, 5) is -0.653. The van der Waals surface area contributed by atoms with Crippen LogP contribution in [0.5, 0.6) is 0 Å². The lowest BCUT2D eigenvalue weighted by atomic mass is 9.89. The molecule has 1 aromatic carbocycles. The summed E-state index contributed by atoms with van der Waals surface area (Å²) >= 11 is 0. The number of rotatable bonds is 6. The van der Waals surface area contributed by atoms with Crippen LogP contribution in [0, 0.1) is 17.2 Å². The Balaban J connectivity index is 2.49. The van der Waals surface area contributed by atoms with Crippen LogP contribution in [0.15, 0.2) is 23.1 Å². The highest BCUT2D eigenvalue weighted by Crippen LogP contribution is 2.41. The van der Waals surface area contributed by atoms with Crippen molar-refractivity contribution in [1.29, 1.82) is 5.41 Å². The fraction of sp³-hybridized carbons (Fsp3) is 0.533. The van der Waals surface area contributed by atoms with Crippen LogP contribution in [-0.4, -0.2) is 37.2 Å². The third-order valence-electron chi connectivity index (χ3n) is 4.12. The Bertz CT molecular complexity index is 729. The maximum atomic E-state index is 12.8.